The molecule has 1 aromatic carbocycles. The topological polar surface area (TPSA) is 173 Å². The molecule has 13 heteroatoms. The van der Waals surface area contributed by atoms with Crippen molar-refractivity contribution in [2.45, 2.75) is 69.8 Å². The highest BCUT2D eigenvalue weighted by molar-refractivity contribution is 6.24. The van der Waals surface area contributed by atoms with E-state index < -0.39 is 99.1 Å². The Hall–Kier alpha value is -3.42. The minimum atomic E-state index is -4.87. The molecule has 1 saturated heterocycles. The second kappa shape index (κ2) is 10.4. The van der Waals surface area contributed by atoms with Gasteiger partial charge in [0.15, 0.2) is 11.4 Å². The fourth-order valence-electron chi connectivity index (χ4n) is 7.51. The number of nitrogens with two attached hydrogens (primary N) is 1. The number of fused-ring (bicyclic) bond motifs is 3. The number of nitrogens with one attached hydrogen (secondary N) is 1. The number of halogens is 3. The fourth-order valence-corrected chi connectivity index (χ4v) is 7.51. The molecule has 1 aromatic rings. The van der Waals surface area contributed by atoms with E-state index in [1.54, 1.807) is 11.8 Å². The third kappa shape index (κ3) is 4.23. The lowest BCUT2D eigenvalue weighted by Gasteiger charge is -2.51. The molecule has 1 unspecified atom stereocenters. The van der Waals surface area contributed by atoms with Gasteiger partial charge in [0.05, 0.1) is 17.2 Å². The van der Waals surface area contributed by atoms with E-state index >= 15 is 0 Å². The molecular weight excluding hydrogens is 559 g/mol. The monoisotopic (exact) mass is 593 g/mol. The third-order valence-corrected chi connectivity index (χ3v) is 9.23. The molecule has 3 aliphatic carbocycles. The zero-order chi connectivity index (χ0) is 30.9. The van der Waals surface area contributed by atoms with Gasteiger partial charge in [0.25, 0.3) is 5.91 Å². The van der Waals surface area contributed by atoms with Crippen molar-refractivity contribution in [3.8, 4) is 5.75 Å². The van der Waals surface area contributed by atoms with Crippen LogP contribution in [0, 0.1) is 11.8 Å². The number of aliphatic hydroxyl groups is 3. The first-order valence-corrected chi connectivity index (χ1v) is 14.1. The summed E-state index contributed by atoms with van der Waals surface area (Å²) >= 11 is 0. The molecule has 0 aromatic heterocycles. The average Bonchev–Trinajstić information content (AvgIpc) is 3.44. The van der Waals surface area contributed by atoms with Gasteiger partial charge in [-0.3, -0.25) is 19.3 Å². The maximum absolute atomic E-state index is 14.7. The molecule has 5 atom stereocenters. The zero-order valence-corrected chi connectivity index (χ0v) is 23.2. The Bertz CT molecular complexity index is 1430. The normalized spacial score (nSPS) is 29.6. The number of carbonyl (C=O) groups excluding carboxylic acids is 3. The first kappa shape index (κ1) is 30.1. The smallest absolute Gasteiger partial charge is 0.417 e. The van der Waals surface area contributed by atoms with E-state index in [0.29, 0.717) is 32.4 Å². The van der Waals surface area contributed by atoms with Crippen LogP contribution in [0.4, 0.5) is 13.2 Å². The Morgan fingerprint density at radius 1 is 1.21 bits per heavy atom. The number of Topliss-reactive ketones (excluding diaryl/α,β-unsaturated/α-hetero) is 2. The minimum absolute atomic E-state index is 0.163. The van der Waals surface area contributed by atoms with Gasteiger partial charge in [0, 0.05) is 17.5 Å². The molecule has 1 saturated carbocycles. The Kier molecular flexibility index (Phi) is 7.43. The van der Waals surface area contributed by atoms with Gasteiger partial charge in [0.2, 0.25) is 5.78 Å². The molecule has 0 radical (unpaired) electrons. The van der Waals surface area contributed by atoms with Crippen molar-refractivity contribution in [3.05, 3.63) is 45.2 Å². The van der Waals surface area contributed by atoms with Crippen molar-refractivity contribution in [3.63, 3.8) is 0 Å². The Balaban J connectivity index is 1.75. The second-order valence-electron chi connectivity index (χ2n) is 11.5. The summed E-state index contributed by atoms with van der Waals surface area (Å²) in [5.41, 5.74) is -1.03. The Morgan fingerprint density at radius 2 is 1.90 bits per heavy atom. The number of amides is 1. The summed E-state index contributed by atoms with van der Waals surface area (Å²) in [6, 6.07) is -1.03. The number of ketones is 2. The van der Waals surface area contributed by atoms with Crippen molar-refractivity contribution < 1.29 is 48.0 Å². The standard InChI is InChI=1S/C29H34F3N3O7/c1-3-8-35(4-2)22-15-10-12-9-14-19(17(36)11-13(16-6-5-7-34-16)21(14)29(30,31)32)23(37)18(12)25(39)28(15,42)26(40)20(24(22)38)27(33)41/h11-12,15-16,22,34,36-37,40,42H,3-10H2,1-2H3,(H2,33,41)/t12-,15-,16?,22-,28-/m0/s1. The number of phenolic OH excluding ortho intramolecular Hbond substituents is 1. The van der Waals surface area contributed by atoms with Gasteiger partial charge in [0.1, 0.15) is 22.8 Å². The van der Waals surface area contributed by atoms with E-state index in [1.165, 1.54) is 0 Å². The van der Waals surface area contributed by atoms with Crippen LogP contribution in [0.2, 0.25) is 0 Å². The van der Waals surface area contributed by atoms with Crippen LogP contribution in [-0.2, 0) is 27.0 Å². The summed E-state index contributed by atoms with van der Waals surface area (Å²) in [5.74, 6) is -8.83. The van der Waals surface area contributed by atoms with Crippen molar-refractivity contribution in [2.24, 2.45) is 17.6 Å². The van der Waals surface area contributed by atoms with Gasteiger partial charge in [-0.2, -0.15) is 13.2 Å². The Morgan fingerprint density at radius 3 is 2.45 bits per heavy atom. The van der Waals surface area contributed by atoms with Crippen LogP contribution in [0.1, 0.15) is 67.8 Å². The summed E-state index contributed by atoms with van der Waals surface area (Å²) < 4.78 is 44.0. The van der Waals surface area contributed by atoms with E-state index in [9.17, 15) is 48.0 Å². The zero-order valence-electron chi connectivity index (χ0n) is 23.2. The Labute approximate surface area is 239 Å². The molecule has 4 aliphatic rings. The van der Waals surface area contributed by atoms with Crippen LogP contribution in [-0.4, -0.2) is 74.1 Å². The van der Waals surface area contributed by atoms with Crippen LogP contribution < -0.4 is 11.1 Å². The van der Waals surface area contributed by atoms with Gasteiger partial charge in [-0.15, -0.1) is 0 Å². The van der Waals surface area contributed by atoms with Crippen LogP contribution in [0.25, 0.3) is 5.76 Å². The number of primary amides is 1. The van der Waals surface area contributed by atoms with Crippen molar-refractivity contribution in [1.82, 2.24) is 10.2 Å². The molecule has 5 rings (SSSR count). The van der Waals surface area contributed by atoms with E-state index in [2.05, 4.69) is 5.32 Å². The van der Waals surface area contributed by atoms with Gasteiger partial charge >= 0.3 is 6.18 Å². The van der Waals surface area contributed by atoms with E-state index in [-0.39, 0.29) is 24.1 Å². The lowest BCUT2D eigenvalue weighted by molar-refractivity contribution is -0.155. The number of alkyl halides is 3. The van der Waals surface area contributed by atoms with Crippen molar-refractivity contribution >= 4 is 23.2 Å². The number of aliphatic hydroxyl groups excluding tert-OH is 2. The van der Waals surface area contributed by atoms with E-state index in [1.807, 2.05) is 6.92 Å². The molecule has 42 heavy (non-hydrogen) atoms. The van der Waals surface area contributed by atoms with Crippen LogP contribution in [0.15, 0.2) is 23.0 Å². The lowest BCUT2D eigenvalue weighted by Crippen LogP contribution is -2.66. The van der Waals surface area contributed by atoms with Gasteiger partial charge < -0.3 is 31.5 Å². The number of aromatic hydroxyl groups is 1. The summed E-state index contributed by atoms with van der Waals surface area (Å²) in [6.45, 7) is 4.61. The highest BCUT2D eigenvalue weighted by Crippen LogP contribution is 2.55. The molecule has 1 heterocycles. The first-order chi connectivity index (χ1) is 19.7. The molecule has 1 aliphatic heterocycles. The van der Waals surface area contributed by atoms with E-state index in [4.69, 9.17) is 5.73 Å². The third-order valence-electron chi connectivity index (χ3n) is 9.23. The van der Waals surface area contributed by atoms with Gasteiger partial charge in [-0.05, 0) is 74.8 Å². The molecule has 0 spiro atoms. The molecule has 0 bridgehead atoms. The number of likely N-dealkylation sites (N-methyl/N-ethyl adjacent to an activating group) is 1. The van der Waals surface area contributed by atoms with Gasteiger partial charge in [-0.25, -0.2) is 0 Å². The number of hydrogen-bond acceptors (Lipinski definition) is 9. The molecule has 1 amide bonds. The van der Waals surface area contributed by atoms with Crippen LogP contribution in [0.5, 0.6) is 5.75 Å². The van der Waals surface area contributed by atoms with Crippen molar-refractivity contribution in [2.75, 3.05) is 19.6 Å². The number of benzene rings is 1. The van der Waals surface area contributed by atoms with Crippen LogP contribution in [0.3, 0.4) is 0 Å². The van der Waals surface area contributed by atoms with Gasteiger partial charge in [-0.1, -0.05) is 13.8 Å². The number of nitrogens with zero attached hydrogens (tertiary/aromatic N) is 1. The number of carbonyl (C=O) groups is 3. The molecule has 228 valence electrons. The predicted molar refractivity (Wildman–Crippen MR) is 143 cm³/mol. The number of hydrogen-bond donors (Lipinski definition) is 6. The summed E-state index contributed by atoms with van der Waals surface area (Å²) in [6.07, 6.45) is -3.98. The SMILES string of the molecule is CCCN(CC)[C@@H]1C(=O)C(C(N)=O)=C(O)[C@@]2(O)C(=O)C3=C(O)c4c(O)cc(C5CCCN5)c(C(F)(F)F)c4C[C@H]3C[C@@H]12. The van der Waals surface area contributed by atoms with E-state index in [0.717, 1.165) is 6.07 Å². The minimum Gasteiger partial charge on any atom is -0.508 e. The number of rotatable bonds is 6. The summed E-state index contributed by atoms with van der Waals surface area (Å²) in [4.78, 5) is 41.5. The lowest BCUT2D eigenvalue weighted by atomic mass is 9.57. The highest BCUT2D eigenvalue weighted by atomic mass is 19.4. The average molecular weight is 594 g/mol. The maximum Gasteiger partial charge on any atom is 0.417 e. The first-order valence-electron chi connectivity index (χ1n) is 14.1. The quantitative estimate of drug-likeness (QED) is 0.271. The summed E-state index contributed by atoms with van der Waals surface area (Å²) in [5, 5.41) is 48.1. The summed E-state index contributed by atoms with van der Waals surface area (Å²) in [7, 11) is 0. The number of phenols is 1. The molecule has 10 nitrogen and oxygen atoms in total. The molecule has 2 fully saturated rings. The fraction of sp³-hybridized carbons (Fsp3) is 0.552. The molecule has 7 N–H and O–H groups in total. The van der Waals surface area contributed by atoms with Crippen LogP contribution >= 0.6 is 0 Å². The maximum atomic E-state index is 14.7. The predicted octanol–water partition coefficient (Wildman–Crippen LogP) is 2.58. The largest absolute Gasteiger partial charge is 0.508 e. The molecular formula is C29H34F3N3O7. The second-order valence-corrected chi connectivity index (χ2v) is 11.5. The highest BCUT2D eigenvalue weighted by Gasteiger charge is 2.64. The van der Waals surface area contributed by atoms with Crippen molar-refractivity contribution in [1.29, 1.82) is 0 Å².